The Labute approximate surface area is 312 Å². The van der Waals surface area contributed by atoms with Crippen LogP contribution in [0.4, 0.5) is 28.4 Å². The SMILES string of the molecule is Cc1cccc(N(c2ccccc2)c2ccc3c(c2)C2(c4ccccc4-c4ccccc42)c2cc(N(c4cccc(C)c4)C4C=CC#CC4)ccc2-3)c1. The van der Waals surface area contributed by atoms with E-state index in [2.05, 4.69) is 205 Å². The van der Waals surface area contributed by atoms with Crippen LogP contribution in [0.15, 0.2) is 176 Å². The molecule has 0 aromatic heterocycles. The largest absolute Gasteiger partial charge is 0.334 e. The summed E-state index contributed by atoms with van der Waals surface area (Å²) in [5, 5.41) is 0. The number of aryl methyl sites for hydroxylation is 2. The minimum atomic E-state index is -0.501. The van der Waals surface area contributed by atoms with Gasteiger partial charge >= 0.3 is 0 Å². The Bertz CT molecular complexity index is 2610. The van der Waals surface area contributed by atoms with E-state index in [1.165, 1.54) is 67.0 Å². The fourth-order valence-electron chi connectivity index (χ4n) is 9.13. The third-order valence-electron chi connectivity index (χ3n) is 11.3. The van der Waals surface area contributed by atoms with E-state index < -0.39 is 5.41 Å². The molecule has 0 N–H and O–H groups in total. The Morgan fingerprint density at radius 3 is 1.62 bits per heavy atom. The van der Waals surface area contributed by atoms with Gasteiger partial charge in [-0.25, -0.2) is 0 Å². The lowest BCUT2D eigenvalue weighted by Gasteiger charge is -2.35. The smallest absolute Gasteiger partial charge is 0.0727 e. The van der Waals surface area contributed by atoms with Crippen molar-refractivity contribution >= 4 is 28.4 Å². The van der Waals surface area contributed by atoms with E-state index in [-0.39, 0.29) is 6.04 Å². The highest BCUT2D eigenvalue weighted by Crippen LogP contribution is 2.64. The van der Waals surface area contributed by atoms with Crippen molar-refractivity contribution in [3.8, 4) is 34.1 Å². The van der Waals surface area contributed by atoms with Crippen molar-refractivity contribution in [2.45, 2.75) is 31.7 Å². The Kier molecular flexibility index (Phi) is 7.24. The zero-order chi connectivity index (χ0) is 35.5. The lowest BCUT2D eigenvalue weighted by molar-refractivity contribution is 0.782. The lowest BCUT2D eigenvalue weighted by Crippen LogP contribution is -2.31. The molecular weight excluding hydrogens is 641 g/mol. The fourth-order valence-corrected chi connectivity index (χ4v) is 9.13. The van der Waals surface area contributed by atoms with Crippen molar-refractivity contribution < 1.29 is 0 Å². The van der Waals surface area contributed by atoms with E-state index in [1.54, 1.807) is 0 Å². The van der Waals surface area contributed by atoms with Gasteiger partial charge in [0.2, 0.25) is 0 Å². The minimum Gasteiger partial charge on any atom is -0.334 e. The van der Waals surface area contributed by atoms with Gasteiger partial charge in [-0.05, 0) is 136 Å². The molecule has 10 rings (SSSR count). The van der Waals surface area contributed by atoms with Gasteiger partial charge in [-0.1, -0.05) is 121 Å². The maximum Gasteiger partial charge on any atom is 0.0727 e. The number of hydrogen-bond acceptors (Lipinski definition) is 2. The first-order chi connectivity index (χ1) is 26.1. The van der Waals surface area contributed by atoms with Gasteiger partial charge in [0.1, 0.15) is 0 Å². The monoisotopic (exact) mass is 678 g/mol. The molecule has 0 amide bonds. The summed E-state index contributed by atoms with van der Waals surface area (Å²) >= 11 is 0. The van der Waals surface area contributed by atoms with Gasteiger partial charge in [0.25, 0.3) is 0 Å². The number of benzene rings is 7. The number of rotatable bonds is 6. The summed E-state index contributed by atoms with van der Waals surface area (Å²) in [6, 6.07) is 61.0. The Morgan fingerprint density at radius 2 is 0.981 bits per heavy atom. The van der Waals surface area contributed by atoms with Gasteiger partial charge in [-0.2, -0.15) is 0 Å². The van der Waals surface area contributed by atoms with E-state index in [4.69, 9.17) is 0 Å². The highest BCUT2D eigenvalue weighted by molar-refractivity contribution is 5.97. The molecule has 0 saturated carbocycles. The summed E-state index contributed by atoms with van der Waals surface area (Å²) in [5.74, 6) is 6.55. The average molecular weight is 679 g/mol. The Hall–Kier alpha value is -6.56. The highest BCUT2D eigenvalue weighted by Gasteiger charge is 2.52. The molecule has 1 spiro atoms. The predicted molar refractivity (Wildman–Crippen MR) is 221 cm³/mol. The number of nitrogens with zero attached hydrogens (tertiary/aromatic N) is 2. The summed E-state index contributed by atoms with van der Waals surface area (Å²) in [6.07, 6.45) is 5.04. The van der Waals surface area contributed by atoms with Crippen molar-refractivity contribution in [2.75, 3.05) is 9.80 Å². The zero-order valence-corrected chi connectivity index (χ0v) is 29.9. The molecule has 1 atom stereocenters. The van der Waals surface area contributed by atoms with E-state index in [0.717, 1.165) is 23.5 Å². The molecule has 0 radical (unpaired) electrons. The molecule has 53 heavy (non-hydrogen) atoms. The first kappa shape index (κ1) is 31.2. The molecule has 2 heteroatoms. The second-order valence-electron chi connectivity index (χ2n) is 14.5. The molecular formula is C51H38N2. The van der Waals surface area contributed by atoms with Crippen LogP contribution in [0.2, 0.25) is 0 Å². The van der Waals surface area contributed by atoms with Crippen molar-refractivity contribution in [3.05, 3.63) is 209 Å². The van der Waals surface area contributed by atoms with Gasteiger partial charge < -0.3 is 9.80 Å². The lowest BCUT2D eigenvalue weighted by atomic mass is 9.70. The van der Waals surface area contributed by atoms with Crippen molar-refractivity contribution in [1.29, 1.82) is 0 Å². The standard InChI is InChI=1S/C51H38N2/c1-35-15-13-21-39(31-35)52(37-17-5-3-6-18-37)41-27-29-45-46-30-28-42(53(38-19-7-4-8-20-38)40-22-14-16-36(2)32-40)34-50(46)51(49(45)33-41)47-25-11-9-23-43(47)44-24-10-12-26-48(44)51/h3,5-7,9-19,21-34,38H,20H2,1-2H3. The minimum absolute atomic E-state index is 0.124. The number of fused-ring (bicyclic) bond motifs is 10. The first-order valence-electron chi connectivity index (χ1n) is 18.5. The number of allylic oxidation sites excluding steroid dienone is 1. The number of anilines is 5. The molecule has 0 heterocycles. The molecule has 3 aliphatic rings. The highest BCUT2D eigenvalue weighted by atomic mass is 15.2. The van der Waals surface area contributed by atoms with Crippen LogP contribution in [-0.4, -0.2) is 6.04 Å². The molecule has 3 aliphatic carbocycles. The summed E-state index contributed by atoms with van der Waals surface area (Å²) in [7, 11) is 0. The molecule has 2 nitrogen and oxygen atoms in total. The van der Waals surface area contributed by atoms with Gasteiger partial charge in [0.15, 0.2) is 0 Å². The zero-order valence-electron chi connectivity index (χ0n) is 29.9. The van der Waals surface area contributed by atoms with E-state index in [9.17, 15) is 0 Å². The maximum atomic E-state index is 3.37. The number of para-hydroxylation sites is 1. The first-order valence-corrected chi connectivity index (χ1v) is 18.5. The van der Waals surface area contributed by atoms with Crippen LogP contribution in [0.25, 0.3) is 22.3 Å². The van der Waals surface area contributed by atoms with Gasteiger partial charge in [0.05, 0.1) is 11.5 Å². The second kappa shape index (κ2) is 12.3. The third-order valence-corrected chi connectivity index (χ3v) is 11.3. The predicted octanol–water partition coefficient (Wildman–Crippen LogP) is 12.6. The maximum absolute atomic E-state index is 3.37. The Morgan fingerprint density at radius 1 is 0.472 bits per heavy atom. The topological polar surface area (TPSA) is 6.48 Å². The van der Waals surface area contributed by atoms with Gasteiger partial charge in [-0.15, -0.1) is 0 Å². The molecule has 0 saturated heterocycles. The van der Waals surface area contributed by atoms with Crippen LogP contribution >= 0.6 is 0 Å². The molecule has 7 aromatic carbocycles. The third kappa shape index (κ3) is 4.82. The van der Waals surface area contributed by atoms with Crippen molar-refractivity contribution in [3.63, 3.8) is 0 Å². The second-order valence-corrected chi connectivity index (χ2v) is 14.5. The number of hydrogen-bond donors (Lipinski definition) is 0. The van der Waals surface area contributed by atoms with Crippen LogP contribution in [-0.2, 0) is 5.41 Å². The van der Waals surface area contributed by atoms with E-state index >= 15 is 0 Å². The summed E-state index contributed by atoms with van der Waals surface area (Å²) in [5.41, 5.74) is 18.2. The molecule has 252 valence electrons. The van der Waals surface area contributed by atoms with Crippen LogP contribution < -0.4 is 9.80 Å². The summed E-state index contributed by atoms with van der Waals surface area (Å²) < 4.78 is 0. The molecule has 0 fully saturated rings. The van der Waals surface area contributed by atoms with Crippen molar-refractivity contribution in [1.82, 2.24) is 0 Å². The van der Waals surface area contributed by atoms with Crippen molar-refractivity contribution in [2.24, 2.45) is 0 Å². The normalized spacial score (nSPS) is 15.2. The average Bonchev–Trinajstić information content (AvgIpc) is 3.66. The quantitative estimate of drug-likeness (QED) is 0.162. The van der Waals surface area contributed by atoms with Crippen LogP contribution in [0, 0.1) is 25.7 Å². The van der Waals surface area contributed by atoms with Crippen LogP contribution in [0.5, 0.6) is 0 Å². The Balaban J connectivity index is 1.25. The van der Waals surface area contributed by atoms with Gasteiger partial charge in [-0.3, -0.25) is 0 Å². The van der Waals surface area contributed by atoms with Crippen LogP contribution in [0.3, 0.4) is 0 Å². The molecule has 0 bridgehead atoms. The molecule has 7 aromatic rings. The van der Waals surface area contributed by atoms with E-state index in [1.807, 2.05) is 6.08 Å². The summed E-state index contributed by atoms with van der Waals surface area (Å²) in [4.78, 5) is 4.89. The summed E-state index contributed by atoms with van der Waals surface area (Å²) in [6.45, 7) is 4.34. The molecule has 0 aliphatic heterocycles. The van der Waals surface area contributed by atoms with Gasteiger partial charge in [0, 0.05) is 34.9 Å². The fraction of sp³-hybridized carbons (Fsp3) is 0.0980. The molecule has 1 unspecified atom stereocenters. The van der Waals surface area contributed by atoms with Crippen LogP contribution in [0.1, 0.15) is 39.8 Å². The van der Waals surface area contributed by atoms with E-state index in [0.29, 0.717) is 0 Å².